The molecule has 0 aliphatic carbocycles. The van der Waals surface area contributed by atoms with Crippen LogP contribution < -0.4 is 0 Å². The number of thioether (sulfide) groups is 1. The molecule has 2 heterocycles. The number of nitrogens with zero attached hydrogens (tertiary/aromatic N) is 3. The SMILES string of the molecule is O=C(O)c1nc(SCc2cccnc2)ncc1Cl. The highest BCUT2D eigenvalue weighted by atomic mass is 35.5. The van der Waals surface area contributed by atoms with E-state index >= 15 is 0 Å². The summed E-state index contributed by atoms with van der Waals surface area (Å²) in [6, 6.07) is 3.76. The van der Waals surface area contributed by atoms with Gasteiger partial charge >= 0.3 is 5.97 Å². The fourth-order valence-electron chi connectivity index (χ4n) is 1.20. The molecule has 0 aliphatic rings. The minimum Gasteiger partial charge on any atom is -0.476 e. The monoisotopic (exact) mass is 281 g/mol. The Morgan fingerprint density at radius 2 is 2.28 bits per heavy atom. The molecule has 0 unspecified atom stereocenters. The van der Waals surface area contributed by atoms with Crippen molar-refractivity contribution >= 4 is 29.3 Å². The lowest BCUT2D eigenvalue weighted by Gasteiger charge is -2.02. The van der Waals surface area contributed by atoms with Crippen LogP contribution >= 0.6 is 23.4 Å². The Balaban J connectivity index is 2.11. The summed E-state index contributed by atoms with van der Waals surface area (Å²) in [4.78, 5) is 22.7. The maximum Gasteiger partial charge on any atom is 0.356 e. The third kappa shape index (κ3) is 3.18. The Hall–Kier alpha value is -1.66. The highest BCUT2D eigenvalue weighted by molar-refractivity contribution is 7.98. The first-order valence-electron chi connectivity index (χ1n) is 4.94. The van der Waals surface area contributed by atoms with Crippen LogP contribution in [0.5, 0.6) is 0 Å². The molecule has 1 N–H and O–H groups in total. The summed E-state index contributed by atoms with van der Waals surface area (Å²) in [6.07, 6.45) is 4.72. The number of carboxylic acid groups (broad SMARTS) is 1. The lowest BCUT2D eigenvalue weighted by Crippen LogP contribution is -2.03. The van der Waals surface area contributed by atoms with Crippen LogP contribution in [0.4, 0.5) is 0 Å². The molecule has 0 bridgehead atoms. The van der Waals surface area contributed by atoms with Crippen LogP contribution in [0.3, 0.4) is 0 Å². The Bertz CT molecular complexity index is 565. The van der Waals surface area contributed by atoms with Gasteiger partial charge in [-0.15, -0.1) is 0 Å². The molecule has 0 aromatic carbocycles. The largest absolute Gasteiger partial charge is 0.476 e. The fraction of sp³-hybridized carbons (Fsp3) is 0.0909. The normalized spacial score (nSPS) is 10.3. The van der Waals surface area contributed by atoms with Crippen molar-refractivity contribution in [1.82, 2.24) is 15.0 Å². The summed E-state index contributed by atoms with van der Waals surface area (Å²) in [7, 11) is 0. The Labute approximate surface area is 112 Å². The van der Waals surface area contributed by atoms with Crippen molar-refractivity contribution in [2.75, 3.05) is 0 Å². The first kappa shape index (κ1) is 12.8. The zero-order valence-electron chi connectivity index (χ0n) is 9.08. The summed E-state index contributed by atoms with van der Waals surface area (Å²) in [5.74, 6) is -0.542. The predicted octanol–water partition coefficient (Wildman–Crippen LogP) is 2.52. The summed E-state index contributed by atoms with van der Waals surface area (Å²) in [5, 5.41) is 9.29. The van der Waals surface area contributed by atoms with E-state index in [4.69, 9.17) is 16.7 Å². The van der Waals surface area contributed by atoms with E-state index in [2.05, 4.69) is 15.0 Å². The van der Waals surface area contributed by atoms with Crippen LogP contribution in [0.15, 0.2) is 35.9 Å². The number of aromatic carboxylic acids is 1. The number of hydrogen-bond acceptors (Lipinski definition) is 5. The molecule has 0 atom stereocenters. The lowest BCUT2D eigenvalue weighted by atomic mass is 10.3. The second-order valence-corrected chi connectivity index (χ2v) is 4.65. The molecule has 92 valence electrons. The van der Waals surface area contributed by atoms with Crippen molar-refractivity contribution in [1.29, 1.82) is 0 Å². The average molecular weight is 282 g/mol. The topological polar surface area (TPSA) is 76.0 Å². The highest BCUT2D eigenvalue weighted by Gasteiger charge is 2.12. The fourth-order valence-corrected chi connectivity index (χ4v) is 2.12. The molecule has 2 rings (SSSR count). The van der Waals surface area contributed by atoms with Gasteiger partial charge in [0.2, 0.25) is 0 Å². The number of rotatable bonds is 4. The van der Waals surface area contributed by atoms with Crippen LogP contribution in [0.1, 0.15) is 16.1 Å². The molecule has 0 saturated heterocycles. The average Bonchev–Trinajstić information content (AvgIpc) is 2.38. The van der Waals surface area contributed by atoms with E-state index in [1.165, 1.54) is 18.0 Å². The van der Waals surface area contributed by atoms with Gasteiger partial charge in [-0.3, -0.25) is 4.98 Å². The van der Waals surface area contributed by atoms with Crippen molar-refractivity contribution in [3.05, 3.63) is 47.0 Å². The van der Waals surface area contributed by atoms with Crippen LogP contribution in [0.2, 0.25) is 5.02 Å². The van der Waals surface area contributed by atoms with E-state index < -0.39 is 5.97 Å². The second kappa shape index (κ2) is 5.79. The van der Waals surface area contributed by atoms with Gasteiger partial charge < -0.3 is 5.11 Å². The molecule has 7 heteroatoms. The minimum absolute atomic E-state index is 0.0354. The van der Waals surface area contributed by atoms with Gasteiger partial charge in [-0.05, 0) is 11.6 Å². The predicted molar refractivity (Wildman–Crippen MR) is 67.8 cm³/mol. The van der Waals surface area contributed by atoms with Gasteiger partial charge in [0, 0.05) is 18.1 Å². The van der Waals surface area contributed by atoms with Crippen molar-refractivity contribution in [2.24, 2.45) is 0 Å². The van der Waals surface area contributed by atoms with Crippen molar-refractivity contribution in [2.45, 2.75) is 10.9 Å². The molecule has 0 saturated carbocycles. The van der Waals surface area contributed by atoms with E-state index in [1.807, 2.05) is 12.1 Å². The van der Waals surface area contributed by atoms with E-state index in [0.717, 1.165) is 5.56 Å². The van der Waals surface area contributed by atoms with Gasteiger partial charge in [0.25, 0.3) is 0 Å². The molecule has 5 nitrogen and oxygen atoms in total. The lowest BCUT2D eigenvalue weighted by molar-refractivity contribution is 0.0689. The number of halogens is 1. The number of carboxylic acids is 1. The van der Waals surface area contributed by atoms with Gasteiger partial charge in [0.15, 0.2) is 10.9 Å². The molecule has 0 fully saturated rings. The summed E-state index contributed by atoms with van der Waals surface area (Å²) in [5.41, 5.74) is 0.832. The number of aromatic nitrogens is 3. The Morgan fingerprint density at radius 1 is 1.44 bits per heavy atom. The molecule has 0 spiro atoms. The molecule has 2 aromatic rings. The first-order chi connectivity index (χ1) is 8.66. The van der Waals surface area contributed by atoms with Crippen molar-refractivity contribution in [3.8, 4) is 0 Å². The Morgan fingerprint density at radius 3 is 2.94 bits per heavy atom. The number of hydrogen-bond donors (Lipinski definition) is 1. The van der Waals surface area contributed by atoms with Crippen molar-refractivity contribution in [3.63, 3.8) is 0 Å². The van der Waals surface area contributed by atoms with E-state index in [1.54, 1.807) is 12.4 Å². The highest BCUT2D eigenvalue weighted by Crippen LogP contribution is 2.21. The van der Waals surface area contributed by atoms with E-state index in [9.17, 15) is 4.79 Å². The standard InChI is InChI=1S/C11H8ClN3O2S/c12-8-5-14-11(15-9(8)10(16)17)18-6-7-2-1-3-13-4-7/h1-5H,6H2,(H,16,17). The van der Waals surface area contributed by atoms with Crippen LogP contribution in [0.25, 0.3) is 0 Å². The maximum absolute atomic E-state index is 10.9. The molecule has 18 heavy (non-hydrogen) atoms. The summed E-state index contributed by atoms with van der Waals surface area (Å²) in [6.45, 7) is 0. The minimum atomic E-state index is -1.16. The quantitative estimate of drug-likeness (QED) is 0.685. The van der Waals surface area contributed by atoms with Crippen LogP contribution in [0, 0.1) is 0 Å². The molecular weight excluding hydrogens is 274 g/mol. The van der Waals surface area contributed by atoms with Gasteiger partial charge in [-0.1, -0.05) is 29.4 Å². The molecule has 0 amide bonds. The third-order valence-corrected chi connectivity index (χ3v) is 3.22. The Kier molecular flexibility index (Phi) is 4.11. The summed E-state index contributed by atoms with van der Waals surface area (Å²) >= 11 is 7.01. The molecule has 0 aliphatic heterocycles. The number of carbonyl (C=O) groups is 1. The summed E-state index contributed by atoms with van der Waals surface area (Å²) < 4.78 is 0. The molecule has 2 aromatic heterocycles. The molecule has 0 radical (unpaired) electrons. The van der Waals surface area contributed by atoms with E-state index in [-0.39, 0.29) is 10.7 Å². The molecular formula is C11H8ClN3O2S. The second-order valence-electron chi connectivity index (χ2n) is 3.30. The number of pyridine rings is 1. The van der Waals surface area contributed by atoms with Crippen LogP contribution in [-0.4, -0.2) is 26.0 Å². The van der Waals surface area contributed by atoms with Gasteiger partial charge in [-0.25, -0.2) is 14.8 Å². The van der Waals surface area contributed by atoms with Crippen molar-refractivity contribution < 1.29 is 9.90 Å². The third-order valence-electron chi connectivity index (χ3n) is 2.02. The van der Waals surface area contributed by atoms with Crippen LogP contribution in [-0.2, 0) is 5.75 Å². The van der Waals surface area contributed by atoms with E-state index in [0.29, 0.717) is 10.9 Å². The zero-order valence-corrected chi connectivity index (χ0v) is 10.6. The maximum atomic E-state index is 10.9. The first-order valence-corrected chi connectivity index (χ1v) is 6.30. The van der Waals surface area contributed by atoms with Gasteiger partial charge in [-0.2, -0.15) is 0 Å². The van der Waals surface area contributed by atoms with Gasteiger partial charge in [0.1, 0.15) is 0 Å². The smallest absolute Gasteiger partial charge is 0.356 e. The van der Waals surface area contributed by atoms with Gasteiger partial charge in [0.05, 0.1) is 11.2 Å². The zero-order chi connectivity index (χ0) is 13.0.